The maximum atomic E-state index is 12.5. The molecule has 13 heteroatoms. The van der Waals surface area contributed by atoms with Crippen molar-refractivity contribution in [3.8, 4) is 5.75 Å². The monoisotopic (exact) mass is 1000 g/mol. The van der Waals surface area contributed by atoms with Crippen molar-refractivity contribution < 1.29 is 67.5 Å². The molecule has 338 valence electrons. The second-order valence-corrected chi connectivity index (χ2v) is 15.5. The van der Waals surface area contributed by atoms with Crippen LogP contribution in [0.2, 0.25) is 0 Å². The summed E-state index contributed by atoms with van der Waals surface area (Å²) in [5.41, 5.74) is 4.80. The number of aliphatic hydroxyl groups is 2. The fraction of sp³-hybridized carbons (Fsp3) is 0.231. The third-order valence-electron chi connectivity index (χ3n) is 9.72. The fourth-order valence-electron chi connectivity index (χ4n) is 7.02. The van der Waals surface area contributed by atoms with Crippen molar-refractivity contribution in [2.45, 2.75) is 65.5 Å². The number of esters is 2. The van der Waals surface area contributed by atoms with Crippen LogP contribution >= 0.6 is 0 Å². The van der Waals surface area contributed by atoms with Crippen molar-refractivity contribution in [3.05, 3.63) is 181 Å². The summed E-state index contributed by atoms with van der Waals surface area (Å²) in [6.45, 7) is 11.5. The number of hydrogen-bond acceptors (Lipinski definition) is 11. The summed E-state index contributed by atoms with van der Waals surface area (Å²) in [5, 5.41) is 21.9. The maximum absolute atomic E-state index is 12.5. The molecule has 6 aromatic carbocycles. The molecule has 0 spiro atoms. The third-order valence-corrected chi connectivity index (χ3v) is 9.72. The number of rotatable bonds is 15. The van der Waals surface area contributed by atoms with Crippen LogP contribution in [0.1, 0.15) is 78.9 Å². The van der Waals surface area contributed by atoms with Gasteiger partial charge in [-0.15, -0.1) is 0 Å². The largest absolute Gasteiger partial charge is 2.00 e. The van der Waals surface area contributed by atoms with Crippen LogP contribution in [0, 0.1) is 7.43 Å². The van der Waals surface area contributed by atoms with Crippen molar-refractivity contribution in [1.29, 1.82) is 0 Å². The van der Waals surface area contributed by atoms with Crippen LogP contribution in [0.15, 0.2) is 146 Å². The molecule has 0 aliphatic heterocycles. The van der Waals surface area contributed by atoms with E-state index in [2.05, 4.69) is 4.90 Å². The van der Waals surface area contributed by atoms with E-state index < -0.39 is 23.1 Å². The van der Waals surface area contributed by atoms with Gasteiger partial charge in [0, 0.05) is 16.7 Å². The minimum atomic E-state index is -1.06. The smallest absolute Gasteiger partial charge is 1.00 e. The van der Waals surface area contributed by atoms with E-state index in [1.165, 1.54) is 14.2 Å². The number of methoxy groups -OCH3 is 2. The van der Waals surface area contributed by atoms with Gasteiger partial charge in [0.1, 0.15) is 12.4 Å². The van der Waals surface area contributed by atoms with E-state index in [1.54, 1.807) is 87.2 Å². The van der Waals surface area contributed by atoms with Crippen LogP contribution in [0.3, 0.4) is 0 Å². The van der Waals surface area contributed by atoms with Gasteiger partial charge >= 0.3 is 35.0 Å². The van der Waals surface area contributed by atoms with Gasteiger partial charge in [-0.3, -0.25) is 4.79 Å². The second-order valence-electron chi connectivity index (χ2n) is 15.5. The molecule has 0 aliphatic carbocycles. The molecule has 2 N–H and O–H groups in total. The van der Waals surface area contributed by atoms with Crippen molar-refractivity contribution in [1.82, 2.24) is 0 Å². The van der Waals surface area contributed by atoms with Gasteiger partial charge < -0.3 is 70.4 Å². The van der Waals surface area contributed by atoms with Gasteiger partial charge in [0.15, 0.2) is 0 Å². The number of carbonyl (C=O) groups excluding carboxylic acids is 3. The molecule has 0 aliphatic rings. The topological polar surface area (TPSA) is 135 Å². The van der Waals surface area contributed by atoms with Crippen molar-refractivity contribution in [2.24, 2.45) is 0 Å². The summed E-state index contributed by atoms with van der Waals surface area (Å²) in [7, 11) is 2.61. The Morgan fingerprint density at radius 2 is 0.923 bits per heavy atom. The van der Waals surface area contributed by atoms with E-state index in [9.17, 15) is 24.6 Å². The molecule has 0 fully saturated rings. The zero-order valence-electron chi connectivity index (χ0n) is 38.4. The molecule has 0 atom stereocenters. The Kier molecular flexibility index (Phi) is 21.7. The van der Waals surface area contributed by atoms with E-state index in [1.807, 2.05) is 105 Å². The second kappa shape index (κ2) is 25.3. The van der Waals surface area contributed by atoms with Gasteiger partial charge in [-0.2, -0.15) is 0 Å². The first-order valence-corrected chi connectivity index (χ1v) is 20.1. The molecule has 0 aromatic heterocycles. The molecule has 65 heavy (non-hydrogen) atoms. The summed E-state index contributed by atoms with van der Waals surface area (Å²) < 4.78 is 21.1. The summed E-state index contributed by atoms with van der Waals surface area (Å²) in [6.07, 6.45) is -0.00273. The Morgan fingerprint density at radius 3 is 1.34 bits per heavy atom. The molecule has 0 saturated heterocycles. The number of ether oxygens (including phenoxy) is 4. The Hall–Kier alpha value is -5.45. The van der Waals surface area contributed by atoms with Crippen LogP contribution in [-0.4, -0.2) is 72.0 Å². The van der Waals surface area contributed by atoms with Gasteiger partial charge in [0.2, 0.25) is 0 Å². The zero-order chi connectivity index (χ0) is 45.0. The molecule has 0 heterocycles. The predicted octanol–water partition coefficient (Wildman–Crippen LogP) is 7.87. The molecular weight excluding hydrogens is 948 g/mol. The molecule has 0 bridgehead atoms. The molecule has 0 saturated carbocycles. The van der Waals surface area contributed by atoms with Crippen LogP contribution in [-0.2, 0) is 36.8 Å². The van der Waals surface area contributed by atoms with Crippen LogP contribution < -0.4 is 38.5 Å². The SMILES string of the molecule is CC(C)Oc1ccccc1N(c1ccccc1C(C)(C)O)c1ccccc1C(C)(C)O.COC(=O)c1ccccc1N(c1ccccc1COC=O)c1ccccc1C(=O)OC.[CH3-].[I-].[Mg+2]. The van der Waals surface area contributed by atoms with Crippen LogP contribution in [0.5, 0.6) is 5.75 Å². The Morgan fingerprint density at radius 1 is 0.569 bits per heavy atom. The van der Waals surface area contributed by atoms with E-state index in [0.717, 1.165) is 33.9 Å². The molecule has 6 aromatic rings. The van der Waals surface area contributed by atoms with Gasteiger partial charge in [-0.25, -0.2) is 9.59 Å². The number of halogens is 1. The van der Waals surface area contributed by atoms with E-state index in [4.69, 9.17) is 18.9 Å². The number of benzene rings is 6. The number of nitrogens with zero attached hydrogens (tertiary/aromatic N) is 2. The zero-order valence-corrected chi connectivity index (χ0v) is 42.0. The first kappa shape index (κ1) is 55.7. The fourth-order valence-corrected chi connectivity index (χ4v) is 7.02. The minimum absolute atomic E-state index is 0. The third kappa shape index (κ3) is 13.8. The molecule has 0 amide bonds. The van der Waals surface area contributed by atoms with Gasteiger partial charge in [-0.1, -0.05) is 91.0 Å². The average molecular weight is 1010 g/mol. The summed E-state index contributed by atoms with van der Waals surface area (Å²) in [5.74, 6) is -0.329. The maximum Gasteiger partial charge on any atom is 2.00 e. The normalized spacial score (nSPS) is 10.6. The van der Waals surface area contributed by atoms with E-state index in [0.29, 0.717) is 40.2 Å². The number of hydrogen-bond donors (Lipinski definition) is 2. The summed E-state index contributed by atoms with van der Waals surface area (Å²) in [4.78, 5) is 39.7. The Bertz CT molecular complexity index is 2370. The van der Waals surface area contributed by atoms with Crippen LogP contribution in [0.4, 0.5) is 34.1 Å². The Labute approximate surface area is 416 Å². The quantitative estimate of drug-likeness (QED) is 0.0260. The molecule has 0 radical (unpaired) electrons. The summed E-state index contributed by atoms with van der Waals surface area (Å²) in [6, 6.07) is 44.5. The number of anilines is 6. The average Bonchev–Trinajstić information content (AvgIpc) is 3.26. The first-order chi connectivity index (χ1) is 29.6. The molecule has 0 unspecified atom stereocenters. The van der Waals surface area contributed by atoms with Crippen LogP contribution in [0.25, 0.3) is 0 Å². The van der Waals surface area contributed by atoms with Crippen molar-refractivity contribution in [2.75, 3.05) is 24.0 Å². The van der Waals surface area contributed by atoms with Gasteiger partial charge in [0.05, 0.1) is 76.8 Å². The Balaban J connectivity index is 0.000000427. The number of carbonyl (C=O) groups is 3. The molecular formula is C52H57IMgN2O9. The molecule has 11 nitrogen and oxygen atoms in total. The van der Waals surface area contributed by atoms with E-state index >= 15 is 0 Å². The first-order valence-electron chi connectivity index (χ1n) is 20.1. The summed E-state index contributed by atoms with van der Waals surface area (Å²) >= 11 is 0. The predicted molar refractivity (Wildman–Crippen MR) is 254 cm³/mol. The standard InChI is InChI=1S/C27H33NO3.C24H21NO6.CH3.HI.Mg/c1-19(2)31-25-18-12-11-17-24(25)28(22-15-9-7-13-20(22)26(3,4)29)23-16-10-8-14-21(23)27(5,6)30;1-29-23(27)18-10-4-7-13-21(18)25(20-12-6-3-9-17(20)15-31-16-26)22-14-8-5-11-19(22)24(28)30-2;;;/h7-19,29-30H,1-6H3;3-14,16H,15H2,1-2H3;1H3;1H;/q;;-1;;+2/p-1. The van der Waals surface area contributed by atoms with E-state index in [-0.39, 0.29) is 67.2 Å². The molecule has 6 rings (SSSR count). The number of para-hydroxylation sites is 7. The van der Waals surface area contributed by atoms with Crippen molar-refractivity contribution in [3.63, 3.8) is 0 Å². The minimum Gasteiger partial charge on any atom is -1.00 e. The van der Waals surface area contributed by atoms with Gasteiger partial charge in [0.25, 0.3) is 6.47 Å². The van der Waals surface area contributed by atoms with Crippen molar-refractivity contribution >= 4 is 75.6 Å². The van der Waals surface area contributed by atoms with Gasteiger partial charge in [-0.05, 0) is 96.1 Å².